The number of amides is 2. The molecule has 2 atom stereocenters. The van der Waals surface area contributed by atoms with Crippen molar-refractivity contribution in [1.29, 1.82) is 0 Å². The van der Waals surface area contributed by atoms with Crippen LogP contribution in [-0.4, -0.2) is 76.7 Å². The van der Waals surface area contributed by atoms with E-state index in [9.17, 15) is 18.0 Å². The minimum atomic E-state index is -3.29. The Morgan fingerprint density at radius 3 is 2.48 bits per heavy atom. The van der Waals surface area contributed by atoms with Crippen LogP contribution in [0.15, 0.2) is 18.6 Å². The third-order valence-electron chi connectivity index (χ3n) is 4.78. The van der Waals surface area contributed by atoms with Gasteiger partial charge in [-0.05, 0) is 6.42 Å². The number of aromatic nitrogens is 2. The second kappa shape index (κ2) is 7.07. The molecule has 1 aromatic heterocycles. The van der Waals surface area contributed by atoms with Crippen LogP contribution in [0.4, 0.5) is 0 Å². The van der Waals surface area contributed by atoms with Crippen LogP contribution in [0.5, 0.6) is 0 Å². The molecule has 2 fully saturated rings. The summed E-state index contributed by atoms with van der Waals surface area (Å²) < 4.78 is 24.4. The molecule has 2 aliphatic rings. The maximum Gasteiger partial charge on any atom is 0.274 e. The predicted octanol–water partition coefficient (Wildman–Crippen LogP) is 0.117. The van der Waals surface area contributed by atoms with Gasteiger partial charge in [-0.1, -0.05) is 13.3 Å². The van der Waals surface area contributed by atoms with Gasteiger partial charge in [0.25, 0.3) is 5.91 Å². The number of rotatable bonds is 4. The molecule has 0 aliphatic carbocycles. The molecule has 3 heterocycles. The van der Waals surface area contributed by atoms with Crippen molar-refractivity contribution in [2.45, 2.75) is 38.3 Å². The second-order valence-corrected chi connectivity index (χ2v) is 8.65. The van der Waals surface area contributed by atoms with Crippen molar-refractivity contribution in [3.63, 3.8) is 0 Å². The number of hydrogen-bond acceptors (Lipinski definition) is 6. The highest BCUT2D eigenvalue weighted by Crippen LogP contribution is 2.28. The van der Waals surface area contributed by atoms with Crippen molar-refractivity contribution in [2.75, 3.05) is 24.6 Å². The van der Waals surface area contributed by atoms with E-state index < -0.39 is 21.9 Å². The Hall–Kier alpha value is -2.03. The Morgan fingerprint density at radius 2 is 1.84 bits per heavy atom. The zero-order valence-corrected chi connectivity index (χ0v) is 15.0. The maximum atomic E-state index is 12.7. The molecule has 8 nitrogen and oxygen atoms in total. The molecule has 25 heavy (non-hydrogen) atoms. The van der Waals surface area contributed by atoms with E-state index in [1.165, 1.54) is 18.6 Å². The van der Waals surface area contributed by atoms with Crippen molar-refractivity contribution in [3.8, 4) is 0 Å². The van der Waals surface area contributed by atoms with Crippen LogP contribution in [0, 0.1) is 0 Å². The topological polar surface area (TPSA) is 101 Å². The number of unbranched alkanes of at least 4 members (excludes halogenated alkanes) is 1. The first-order chi connectivity index (χ1) is 11.9. The maximum absolute atomic E-state index is 12.7. The van der Waals surface area contributed by atoms with Gasteiger partial charge in [0.1, 0.15) is 5.69 Å². The fourth-order valence-electron chi connectivity index (χ4n) is 3.54. The molecule has 2 aliphatic heterocycles. The third kappa shape index (κ3) is 3.65. The van der Waals surface area contributed by atoms with Crippen molar-refractivity contribution in [3.05, 3.63) is 24.3 Å². The molecule has 2 saturated heterocycles. The van der Waals surface area contributed by atoms with Gasteiger partial charge in [0.15, 0.2) is 9.84 Å². The van der Waals surface area contributed by atoms with Gasteiger partial charge < -0.3 is 9.80 Å². The van der Waals surface area contributed by atoms with Crippen molar-refractivity contribution < 1.29 is 18.0 Å². The number of piperazine rings is 1. The summed E-state index contributed by atoms with van der Waals surface area (Å²) in [5.74, 6) is -0.553. The fraction of sp³-hybridized carbons (Fsp3) is 0.625. The lowest BCUT2D eigenvalue weighted by Gasteiger charge is -2.43. The number of hydrogen-bond donors (Lipinski definition) is 0. The van der Waals surface area contributed by atoms with E-state index in [1.54, 1.807) is 9.80 Å². The molecule has 0 bridgehead atoms. The monoisotopic (exact) mass is 366 g/mol. The average molecular weight is 366 g/mol. The zero-order valence-electron chi connectivity index (χ0n) is 14.2. The number of sulfone groups is 1. The number of carbonyl (C=O) groups is 2. The van der Waals surface area contributed by atoms with Crippen LogP contribution in [-0.2, 0) is 14.6 Å². The van der Waals surface area contributed by atoms with Crippen molar-refractivity contribution in [1.82, 2.24) is 19.8 Å². The smallest absolute Gasteiger partial charge is 0.274 e. The molecule has 9 heteroatoms. The van der Waals surface area contributed by atoms with Gasteiger partial charge in [0, 0.05) is 31.9 Å². The second-order valence-electron chi connectivity index (χ2n) is 6.49. The number of nitrogens with zero attached hydrogens (tertiary/aromatic N) is 4. The van der Waals surface area contributed by atoms with Crippen LogP contribution in [0.3, 0.4) is 0 Å². The highest BCUT2D eigenvalue weighted by molar-refractivity contribution is 7.91. The fourth-order valence-corrected chi connectivity index (χ4v) is 5.52. The van der Waals surface area contributed by atoms with Gasteiger partial charge in [-0.3, -0.25) is 14.6 Å². The molecule has 136 valence electrons. The van der Waals surface area contributed by atoms with E-state index in [2.05, 4.69) is 9.97 Å². The lowest BCUT2D eigenvalue weighted by molar-refractivity contribution is -0.136. The Morgan fingerprint density at radius 1 is 1.16 bits per heavy atom. The van der Waals surface area contributed by atoms with Gasteiger partial charge in [0.2, 0.25) is 5.91 Å². The summed E-state index contributed by atoms with van der Waals surface area (Å²) in [6, 6.07) is -0.984. The molecule has 0 aromatic carbocycles. The minimum absolute atomic E-state index is 0.0273. The van der Waals surface area contributed by atoms with Crippen molar-refractivity contribution in [2.24, 2.45) is 0 Å². The Labute approximate surface area is 147 Å². The van der Waals surface area contributed by atoms with Crippen LogP contribution in [0.1, 0.15) is 36.7 Å². The molecule has 2 amide bonds. The average Bonchev–Trinajstić information content (AvgIpc) is 2.93. The van der Waals surface area contributed by atoms with Crippen LogP contribution in [0.2, 0.25) is 0 Å². The molecule has 3 rings (SSSR count). The molecular weight excluding hydrogens is 344 g/mol. The number of fused-ring (bicyclic) bond motifs is 1. The molecule has 0 radical (unpaired) electrons. The van der Waals surface area contributed by atoms with E-state index >= 15 is 0 Å². The van der Waals surface area contributed by atoms with Gasteiger partial charge in [-0.25, -0.2) is 13.4 Å². The molecule has 0 N–H and O–H groups in total. The highest BCUT2D eigenvalue weighted by atomic mass is 32.2. The standard InChI is InChI=1S/C16H22N4O4S/c1-2-3-4-15(21)19-7-8-20(14-11-25(23,24)10-13(14)19)16(22)12-9-17-5-6-18-12/h5-6,9,13-14H,2-4,7-8,10-11H2,1H3/t13-,14+/m1/s1. The quantitative estimate of drug-likeness (QED) is 0.750. The molecule has 0 spiro atoms. The van der Waals surface area contributed by atoms with Gasteiger partial charge in [-0.15, -0.1) is 0 Å². The van der Waals surface area contributed by atoms with E-state index in [0.29, 0.717) is 19.5 Å². The molecule has 0 saturated carbocycles. The summed E-state index contributed by atoms with van der Waals surface area (Å²) in [4.78, 5) is 36.3. The molecule has 0 unspecified atom stereocenters. The largest absolute Gasteiger partial charge is 0.335 e. The summed E-state index contributed by atoms with van der Waals surface area (Å²) in [6.07, 6.45) is 6.38. The minimum Gasteiger partial charge on any atom is -0.335 e. The molecular formula is C16H22N4O4S. The van der Waals surface area contributed by atoms with Gasteiger partial charge >= 0.3 is 0 Å². The van der Waals surface area contributed by atoms with E-state index in [0.717, 1.165) is 12.8 Å². The first-order valence-corrected chi connectivity index (χ1v) is 10.3. The van der Waals surface area contributed by atoms with Crippen LogP contribution in [0.25, 0.3) is 0 Å². The normalized spacial score (nSPS) is 24.8. The van der Waals surface area contributed by atoms with Crippen LogP contribution >= 0.6 is 0 Å². The SMILES string of the molecule is CCCCC(=O)N1CCN(C(=O)c2cnccn2)[C@H]2CS(=O)(=O)C[C@H]21. The van der Waals surface area contributed by atoms with Crippen molar-refractivity contribution >= 4 is 21.7 Å². The summed E-state index contributed by atoms with van der Waals surface area (Å²) >= 11 is 0. The summed E-state index contributed by atoms with van der Waals surface area (Å²) in [5.41, 5.74) is 0.191. The van der Waals surface area contributed by atoms with E-state index in [1.807, 2.05) is 6.92 Å². The zero-order chi connectivity index (χ0) is 18.0. The van der Waals surface area contributed by atoms with E-state index in [-0.39, 0.29) is 29.0 Å². The third-order valence-corrected chi connectivity index (χ3v) is 6.48. The highest BCUT2D eigenvalue weighted by Gasteiger charge is 2.49. The first kappa shape index (κ1) is 17.8. The lowest BCUT2D eigenvalue weighted by atomic mass is 10.0. The summed E-state index contributed by atoms with van der Waals surface area (Å²) in [6.45, 7) is 2.67. The van der Waals surface area contributed by atoms with Gasteiger partial charge in [0.05, 0.1) is 29.8 Å². The first-order valence-electron chi connectivity index (χ1n) is 8.50. The Bertz CT molecular complexity index is 753. The predicted molar refractivity (Wildman–Crippen MR) is 90.5 cm³/mol. The van der Waals surface area contributed by atoms with Crippen LogP contribution < -0.4 is 0 Å². The Balaban J connectivity index is 1.83. The Kier molecular flexibility index (Phi) is 5.03. The summed E-state index contributed by atoms with van der Waals surface area (Å²) in [5, 5.41) is 0. The van der Waals surface area contributed by atoms with Gasteiger partial charge in [-0.2, -0.15) is 0 Å². The lowest BCUT2D eigenvalue weighted by Crippen LogP contribution is -2.62. The molecule has 1 aromatic rings. The van der Waals surface area contributed by atoms with E-state index in [4.69, 9.17) is 0 Å². The summed E-state index contributed by atoms with van der Waals surface area (Å²) in [7, 11) is -3.29. The number of carbonyl (C=O) groups excluding carboxylic acids is 2.